The molecule has 3 nitrogen and oxygen atoms in total. The number of benzene rings is 1. The maximum Gasteiger partial charge on any atom is 0.0782 e. The van der Waals surface area contributed by atoms with E-state index >= 15 is 0 Å². The lowest BCUT2D eigenvalue weighted by molar-refractivity contribution is 0.223. The van der Waals surface area contributed by atoms with Gasteiger partial charge in [-0.15, -0.1) is 0 Å². The fraction of sp³-hybridized carbons (Fsp3) is 0.462. The number of hydrogen-bond donors (Lipinski definition) is 1. The summed E-state index contributed by atoms with van der Waals surface area (Å²) in [5.74, 6) is 0. The van der Waals surface area contributed by atoms with Crippen LogP contribution in [-0.4, -0.2) is 37.6 Å². The Bertz CT molecular complexity index is 353. The van der Waals surface area contributed by atoms with Gasteiger partial charge in [-0.2, -0.15) is 0 Å². The summed E-state index contributed by atoms with van der Waals surface area (Å²) in [5, 5.41) is 9.07. The molecule has 0 heterocycles. The molecule has 0 aliphatic rings. The van der Waals surface area contributed by atoms with Gasteiger partial charge in [0.25, 0.3) is 0 Å². The predicted molar refractivity (Wildman–Crippen MR) is 69.5 cm³/mol. The molecule has 1 rings (SSSR count). The van der Waals surface area contributed by atoms with Crippen molar-refractivity contribution in [2.45, 2.75) is 19.4 Å². The van der Waals surface area contributed by atoms with Crippen LogP contribution in [0, 0.1) is 0 Å². The second-order valence-electron chi connectivity index (χ2n) is 4.71. The number of aliphatic hydroxyl groups is 1. The summed E-state index contributed by atoms with van der Waals surface area (Å²) in [6.45, 7) is 3.86. The summed E-state index contributed by atoms with van der Waals surface area (Å²) in [4.78, 5) is 6.38. The van der Waals surface area contributed by atoms with Gasteiger partial charge in [-0.25, -0.2) is 0 Å². The van der Waals surface area contributed by atoms with Crippen molar-refractivity contribution in [2.75, 3.05) is 25.6 Å². The third-order valence-corrected chi connectivity index (χ3v) is 2.36. The lowest BCUT2D eigenvalue weighted by Gasteiger charge is -2.15. The highest BCUT2D eigenvalue weighted by atomic mass is 16.3. The van der Waals surface area contributed by atoms with Gasteiger partial charge in [-0.1, -0.05) is 12.1 Å². The zero-order valence-corrected chi connectivity index (χ0v) is 10.4. The van der Waals surface area contributed by atoms with E-state index in [0.29, 0.717) is 0 Å². The van der Waals surface area contributed by atoms with Crippen LogP contribution < -0.4 is 4.90 Å². The van der Waals surface area contributed by atoms with E-state index in [2.05, 4.69) is 9.89 Å². The molecule has 1 N–H and O–H groups in total. The molecule has 1 aromatic carbocycles. The quantitative estimate of drug-likeness (QED) is 0.787. The lowest BCUT2D eigenvalue weighted by Crippen LogP contribution is -2.21. The van der Waals surface area contributed by atoms with E-state index in [0.717, 1.165) is 5.56 Å². The minimum Gasteiger partial charge on any atom is -0.394 e. The van der Waals surface area contributed by atoms with E-state index < -0.39 is 5.54 Å². The molecule has 0 unspecified atom stereocenters. The average molecular weight is 220 g/mol. The summed E-state index contributed by atoms with van der Waals surface area (Å²) >= 11 is 0. The molecule has 0 aromatic heterocycles. The van der Waals surface area contributed by atoms with Crippen molar-refractivity contribution in [3.8, 4) is 0 Å². The molecule has 0 atom stereocenters. The molecule has 16 heavy (non-hydrogen) atoms. The van der Waals surface area contributed by atoms with E-state index in [4.69, 9.17) is 5.11 Å². The molecular formula is C13H20N2O. The van der Waals surface area contributed by atoms with Crippen molar-refractivity contribution in [3.05, 3.63) is 29.8 Å². The first kappa shape index (κ1) is 12.7. The van der Waals surface area contributed by atoms with Gasteiger partial charge in [0.05, 0.1) is 12.1 Å². The highest BCUT2D eigenvalue weighted by molar-refractivity contribution is 5.80. The van der Waals surface area contributed by atoms with Gasteiger partial charge in [0, 0.05) is 26.0 Å². The molecule has 3 heteroatoms. The van der Waals surface area contributed by atoms with Crippen LogP contribution in [0.4, 0.5) is 5.69 Å². The Morgan fingerprint density at radius 3 is 2.25 bits per heavy atom. The maximum absolute atomic E-state index is 9.07. The molecule has 0 amide bonds. The maximum atomic E-state index is 9.07. The number of aliphatic imine (C=N–C) groups is 1. The predicted octanol–water partition coefficient (Wildman–Crippen LogP) is 1.94. The number of aliphatic hydroxyl groups excluding tert-OH is 1. The van der Waals surface area contributed by atoms with Crippen LogP contribution in [0.15, 0.2) is 29.3 Å². The first-order valence-electron chi connectivity index (χ1n) is 5.38. The van der Waals surface area contributed by atoms with Crippen molar-refractivity contribution < 1.29 is 5.11 Å². The molecule has 0 saturated carbocycles. The average Bonchev–Trinajstić information content (AvgIpc) is 2.27. The Kier molecular flexibility index (Phi) is 4.07. The van der Waals surface area contributed by atoms with Gasteiger partial charge in [-0.3, -0.25) is 4.99 Å². The van der Waals surface area contributed by atoms with Gasteiger partial charge in [0.15, 0.2) is 0 Å². The normalized spacial score (nSPS) is 12.1. The summed E-state index contributed by atoms with van der Waals surface area (Å²) < 4.78 is 0. The van der Waals surface area contributed by atoms with Crippen molar-refractivity contribution in [1.82, 2.24) is 0 Å². The van der Waals surface area contributed by atoms with Crippen LogP contribution in [0.25, 0.3) is 0 Å². The van der Waals surface area contributed by atoms with Gasteiger partial charge in [0.2, 0.25) is 0 Å². The zero-order valence-electron chi connectivity index (χ0n) is 10.4. The molecule has 1 aromatic rings. The number of nitrogens with zero attached hydrogens (tertiary/aromatic N) is 2. The van der Waals surface area contributed by atoms with Crippen molar-refractivity contribution in [2.24, 2.45) is 4.99 Å². The van der Waals surface area contributed by atoms with Crippen LogP contribution in [0.3, 0.4) is 0 Å². The van der Waals surface area contributed by atoms with E-state index in [1.54, 1.807) is 6.21 Å². The Balaban J connectivity index is 2.76. The molecule has 0 spiro atoms. The highest BCUT2D eigenvalue weighted by Gasteiger charge is 2.12. The van der Waals surface area contributed by atoms with Crippen molar-refractivity contribution in [1.29, 1.82) is 0 Å². The minimum atomic E-state index is -0.403. The molecule has 0 saturated heterocycles. The van der Waals surface area contributed by atoms with Gasteiger partial charge in [-0.05, 0) is 31.5 Å². The van der Waals surface area contributed by atoms with Crippen LogP contribution in [0.2, 0.25) is 0 Å². The first-order chi connectivity index (χ1) is 7.44. The number of hydrogen-bond acceptors (Lipinski definition) is 3. The third-order valence-electron chi connectivity index (χ3n) is 2.36. The minimum absolute atomic E-state index is 0.0548. The SMILES string of the molecule is CN(C)c1ccc(C=NC(C)(C)CO)cc1. The standard InChI is InChI=1S/C13H20N2O/c1-13(2,10-16)14-9-11-5-7-12(8-6-11)15(3)4/h5-9,16H,10H2,1-4H3. The topological polar surface area (TPSA) is 35.8 Å². The second kappa shape index (κ2) is 5.12. The van der Waals surface area contributed by atoms with E-state index in [9.17, 15) is 0 Å². The number of anilines is 1. The number of rotatable bonds is 4. The molecular weight excluding hydrogens is 200 g/mol. The molecule has 0 radical (unpaired) electrons. The van der Waals surface area contributed by atoms with E-state index in [-0.39, 0.29) is 6.61 Å². The van der Waals surface area contributed by atoms with Gasteiger partial charge < -0.3 is 10.0 Å². The molecule has 0 fully saturated rings. The summed E-state index contributed by atoms with van der Waals surface area (Å²) in [6, 6.07) is 8.14. The summed E-state index contributed by atoms with van der Waals surface area (Å²) in [7, 11) is 4.02. The van der Waals surface area contributed by atoms with Crippen LogP contribution >= 0.6 is 0 Å². The summed E-state index contributed by atoms with van der Waals surface area (Å²) in [5.41, 5.74) is 1.81. The third kappa shape index (κ3) is 3.66. The second-order valence-corrected chi connectivity index (χ2v) is 4.71. The van der Waals surface area contributed by atoms with E-state index in [1.807, 2.05) is 52.2 Å². The van der Waals surface area contributed by atoms with E-state index in [1.165, 1.54) is 5.69 Å². The molecule has 0 bridgehead atoms. The first-order valence-corrected chi connectivity index (χ1v) is 5.38. The van der Waals surface area contributed by atoms with Gasteiger partial charge >= 0.3 is 0 Å². The smallest absolute Gasteiger partial charge is 0.0782 e. The van der Waals surface area contributed by atoms with Gasteiger partial charge in [0.1, 0.15) is 0 Å². The van der Waals surface area contributed by atoms with Crippen LogP contribution in [-0.2, 0) is 0 Å². The fourth-order valence-corrected chi connectivity index (χ4v) is 1.15. The molecule has 88 valence electrons. The largest absolute Gasteiger partial charge is 0.394 e. The lowest BCUT2D eigenvalue weighted by atomic mass is 10.1. The Hall–Kier alpha value is -1.35. The monoisotopic (exact) mass is 220 g/mol. The highest BCUT2D eigenvalue weighted by Crippen LogP contribution is 2.12. The molecule has 0 aliphatic carbocycles. The Morgan fingerprint density at radius 1 is 1.25 bits per heavy atom. The van der Waals surface area contributed by atoms with Crippen molar-refractivity contribution in [3.63, 3.8) is 0 Å². The summed E-state index contributed by atoms with van der Waals surface area (Å²) in [6.07, 6.45) is 1.80. The van der Waals surface area contributed by atoms with Crippen LogP contribution in [0.1, 0.15) is 19.4 Å². The fourth-order valence-electron chi connectivity index (χ4n) is 1.15. The molecule has 0 aliphatic heterocycles. The Morgan fingerprint density at radius 2 is 1.81 bits per heavy atom. The Labute approximate surface area is 97.4 Å². The van der Waals surface area contributed by atoms with Crippen molar-refractivity contribution >= 4 is 11.9 Å². The zero-order chi connectivity index (χ0) is 12.2. The van der Waals surface area contributed by atoms with Crippen LogP contribution in [0.5, 0.6) is 0 Å².